The fourth-order valence-corrected chi connectivity index (χ4v) is 2.37. The van der Waals surface area contributed by atoms with E-state index in [0.717, 1.165) is 23.7 Å². The van der Waals surface area contributed by atoms with Crippen LogP contribution in [0.25, 0.3) is 0 Å². The van der Waals surface area contributed by atoms with Crippen LogP contribution in [0.1, 0.15) is 19.3 Å². The average molecular weight is 299 g/mol. The number of carboxylic acid groups (broad SMARTS) is 1. The third kappa shape index (κ3) is 3.22. The summed E-state index contributed by atoms with van der Waals surface area (Å²) < 4.78 is 6.49. The summed E-state index contributed by atoms with van der Waals surface area (Å²) in [5.74, 6) is -0.114. The highest BCUT2D eigenvalue weighted by atomic mass is 79.9. The molecular weight excluding hydrogens is 284 g/mol. The lowest BCUT2D eigenvalue weighted by molar-refractivity contribution is -0.146. The predicted molar refractivity (Wildman–Crippen MR) is 68.1 cm³/mol. The van der Waals surface area contributed by atoms with Crippen LogP contribution >= 0.6 is 15.9 Å². The van der Waals surface area contributed by atoms with E-state index in [2.05, 4.69) is 15.9 Å². The number of ether oxygens (including phenoxy) is 1. The first kappa shape index (κ1) is 12.4. The number of hydrogen-bond donors (Lipinski definition) is 1. The van der Waals surface area contributed by atoms with Crippen LogP contribution in [-0.4, -0.2) is 17.7 Å². The van der Waals surface area contributed by atoms with E-state index in [1.54, 1.807) is 0 Å². The Kier molecular flexibility index (Phi) is 4.05. The van der Waals surface area contributed by atoms with Crippen LogP contribution < -0.4 is 4.74 Å². The van der Waals surface area contributed by atoms with E-state index in [9.17, 15) is 4.79 Å². The van der Waals surface area contributed by atoms with Gasteiger partial charge in [0.05, 0.1) is 5.92 Å². The predicted octanol–water partition coefficient (Wildman–Crippen LogP) is 3.33. The van der Waals surface area contributed by atoms with Crippen LogP contribution in [0, 0.1) is 11.8 Å². The second-order valence-corrected chi connectivity index (χ2v) is 5.32. The number of aliphatic carboxylic acids is 1. The molecule has 17 heavy (non-hydrogen) atoms. The minimum atomic E-state index is -0.746. The summed E-state index contributed by atoms with van der Waals surface area (Å²) >= 11 is 3.36. The Balaban J connectivity index is 1.92. The minimum absolute atomic E-state index is 0.260. The molecule has 0 heterocycles. The third-order valence-corrected chi connectivity index (χ3v) is 3.75. The Bertz CT molecular complexity index is 401. The van der Waals surface area contributed by atoms with Gasteiger partial charge < -0.3 is 9.84 Å². The van der Waals surface area contributed by atoms with E-state index in [-0.39, 0.29) is 12.5 Å². The van der Waals surface area contributed by atoms with Crippen LogP contribution in [0.3, 0.4) is 0 Å². The average Bonchev–Trinajstić information content (AvgIpc) is 2.21. The first-order chi connectivity index (χ1) is 8.16. The van der Waals surface area contributed by atoms with Crippen molar-refractivity contribution in [1.29, 1.82) is 0 Å². The molecule has 1 unspecified atom stereocenters. The molecule has 1 aliphatic rings. The molecule has 4 heteroatoms. The smallest absolute Gasteiger partial charge is 0.310 e. The van der Waals surface area contributed by atoms with Crippen LogP contribution in [0.4, 0.5) is 0 Å². The molecule has 1 N–H and O–H groups in total. The molecule has 1 aromatic carbocycles. The minimum Gasteiger partial charge on any atom is -0.493 e. The molecule has 1 fully saturated rings. The molecule has 92 valence electrons. The van der Waals surface area contributed by atoms with Gasteiger partial charge >= 0.3 is 5.97 Å². The molecule has 0 aromatic heterocycles. The summed E-state index contributed by atoms with van der Waals surface area (Å²) in [5.41, 5.74) is 0. The molecule has 0 spiro atoms. The summed E-state index contributed by atoms with van der Waals surface area (Å²) in [5, 5.41) is 9.15. The van der Waals surface area contributed by atoms with E-state index < -0.39 is 5.97 Å². The van der Waals surface area contributed by atoms with Crippen LogP contribution in [-0.2, 0) is 4.79 Å². The first-order valence-corrected chi connectivity index (χ1v) is 6.57. The normalized spacial score (nSPS) is 17.2. The molecule has 0 amide bonds. The van der Waals surface area contributed by atoms with Crippen molar-refractivity contribution in [2.75, 3.05) is 6.61 Å². The van der Waals surface area contributed by atoms with E-state index in [0.29, 0.717) is 11.7 Å². The van der Waals surface area contributed by atoms with Gasteiger partial charge in [-0.25, -0.2) is 0 Å². The van der Waals surface area contributed by atoms with Crippen molar-refractivity contribution < 1.29 is 14.6 Å². The Morgan fingerprint density at radius 2 is 2.29 bits per heavy atom. The summed E-state index contributed by atoms with van der Waals surface area (Å²) in [4.78, 5) is 11.1. The molecule has 0 radical (unpaired) electrons. The number of hydrogen-bond acceptors (Lipinski definition) is 2. The number of rotatable bonds is 5. The number of carbonyl (C=O) groups is 1. The zero-order chi connectivity index (χ0) is 12.3. The molecule has 1 atom stereocenters. The van der Waals surface area contributed by atoms with Gasteiger partial charge in [0.25, 0.3) is 0 Å². The topological polar surface area (TPSA) is 46.5 Å². The summed E-state index contributed by atoms with van der Waals surface area (Å²) in [6, 6.07) is 7.47. The van der Waals surface area contributed by atoms with Gasteiger partial charge in [-0.2, -0.15) is 0 Å². The summed E-state index contributed by atoms with van der Waals surface area (Å²) in [6.45, 7) is 0.260. The second-order valence-electron chi connectivity index (χ2n) is 4.40. The zero-order valence-electron chi connectivity index (χ0n) is 9.43. The summed E-state index contributed by atoms with van der Waals surface area (Å²) in [6.07, 6.45) is 3.17. The lowest BCUT2D eigenvalue weighted by Crippen LogP contribution is -2.33. The number of carboxylic acids is 1. The van der Waals surface area contributed by atoms with Gasteiger partial charge in [-0.15, -0.1) is 0 Å². The quantitative estimate of drug-likeness (QED) is 0.907. The first-order valence-electron chi connectivity index (χ1n) is 5.78. The van der Waals surface area contributed by atoms with Crippen molar-refractivity contribution in [3.8, 4) is 5.75 Å². The maximum absolute atomic E-state index is 11.1. The van der Waals surface area contributed by atoms with Crippen molar-refractivity contribution in [2.45, 2.75) is 19.3 Å². The van der Waals surface area contributed by atoms with E-state index in [4.69, 9.17) is 9.84 Å². The van der Waals surface area contributed by atoms with E-state index >= 15 is 0 Å². The largest absolute Gasteiger partial charge is 0.493 e. The third-order valence-electron chi connectivity index (χ3n) is 3.26. The Morgan fingerprint density at radius 1 is 1.53 bits per heavy atom. The molecule has 1 aromatic rings. The lowest BCUT2D eigenvalue weighted by atomic mass is 9.76. The van der Waals surface area contributed by atoms with Gasteiger partial charge in [-0.05, 0) is 37.0 Å². The van der Waals surface area contributed by atoms with E-state index in [1.165, 1.54) is 0 Å². The molecule has 0 saturated heterocycles. The zero-order valence-corrected chi connectivity index (χ0v) is 11.0. The van der Waals surface area contributed by atoms with Crippen LogP contribution in [0.5, 0.6) is 5.75 Å². The van der Waals surface area contributed by atoms with Crippen LogP contribution in [0.2, 0.25) is 0 Å². The van der Waals surface area contributed by atoms with Gasteiger partial charge in [0.1, 0.15) is 12.4 Å². The lowest BCUT2D eigenvalue weighted by Gasteiger charge is -2.30. The Labute approximate surface area is 109 Å². The highest BCUT2D eigenvalue weighted by molar-refractivity contribution is 9.10. The maximum atomic E-state index is 11.1. The fraction of sp³-hybridized carbons (Fsp3) is 0.462. The molecule has 0 aliphatic heterocycles. The van der Waals surface area contributed by atoms with E-state index in [1.807, 2.05) is 24.3 Å². The monoisotopic (exact) mass is 298 g/mol. The maximum Gasteiger partial charge on any atom is 0.310 e. The van der Waals surface area contributed by atoms with Gasteiger partial charge in [-0.1, -0.05) is 28.4 Å². The Hall–Kier alpha value is -1.03. The molecule has 3 nitrogen and oxygen atoms in total. The molecular formula is C13H15BrO3. The Morgan fingerprint density at radius 3 is 2.82 bits per heavy atom. The standard InChI is InChI=1S/C13H15BrO3/c14-10-5-2-6-11(7-10)17-8-12(13(15)16)9-3-1-4-9/h2,5-7,9,12H,1,3-4,8H2,(H,15,16). The van der Waals surface area contributed by atoms with Gasteiger partial charge in [0.15, 0.2) is 0 Å². The van der Waals surface area contributed by atoms with Gasteiger partial charge in [0.2, 0.25) is 0 Å². The van der Waals surface area contributed by atoms with Crippen LogP contribution in [0.15, 0.2) is 28.7 Å². The second kappa shape index (κ2) is 5.54. The highest BCUT2D eigenvalue weighted by Crippen LogP contribution is 2.34. The molecule has 1 aliphatic carbocycles. The summed E-state index contributed by atoms with van der Waals surface area (Å²) in [7, 11) is 0. The molecule has 2 rings (SSSR count). The van der Waals surface area contributed by atoms with Crippen molar-refractivity contribution >= 4 is 21.9 Å². The van der Waals surface area contributed by atoms with Crippen molar-refractivity contribution in [1.82, 2.24) is 0 Å². The number of benzene rings is 1. The van der Waals surface area contributed by atoms with Crippen molar-refractivity contribution in [2.24, 2.45) is 11.8 Å². The van der Waals surface area contributed by atoms with Gasteiger partial charge in [0, 0.05) is 4.47 Å². The van der Waals surface area contributed by atoms with Crippen molar-refractivity contribution in [3.05, 3.63) is 28.7 Å². The molecule has 1 saturated carbocycles. The SMILES string of the molecule is O=C(O)C(COc1cccc(Br)c1)C1CCC1. The fourth-order valence-electron chi connectivity index (χ4n) is 1.99. The molecule has 0 bridgehead atoms. The van der Waals surface area contributed by atoms with Gasteiger partial charge in [-0.3, -0.25) is 4.79 Å². The highest BCUT2D eigenvalue weighted by Gasteiger charge is 2.33. The number of halogens is 1. The van der Waals surface area contributed by atoms with Crippen molar-refractivity contribution in [3.63, 3.8) is 0 Å².